The molecule has 0 unspecified atom stereocenters. The summed E-state index contributed by atoms with van der Waals surface area (Å²) in [6.07, 6.45) is 0. The van der Waals surface area contributed by atoms with Gasteiger partial charge in [0.2, 0.25) is 0 Å². The Morgan fingerprint density at radius 2 is 1.30 bits per heavy atom. The van der Waals surface area contributed by atoms with Crippen LogP contribution in [0.5, 0.6) is 0 Å². The fourth-order valence-electron chi connectivity index (χ4n) is 1.27. The summed E-state index contributed by atoms with van der Waals surface area (Å²) in [5.41, 5.74) is -0.147. The second-order valence-electron chi connectivity index (χ2n) is 3.57. The van der Waals surface area contributed by atoms with Crippen molar-refractivity contribution in [3.05, 3.63) is 70.5 Å². The Bertz CT molecular complexity index is 573. The van der Waals surface area contributed by atoms with Crippen molar-refractivity contribution in [3.63, 3.8) is 0 Å². The van der Waals surface area contributed by atoms with Gasteiger partial charge in [0.15, 0.2) is 0 Å². The highest BCUT2D eigenvalue weighted by Gasteiger charge is 2.06. The third-order valence-electron chi connectivity index (χ3n) is 2.21. The van der Waals surface area contributed by atoms with E-state index in [0.717, 1.165) is 6.07 Å². The lowest BCUT2D eigenvalue weighted by Gasteiger charge is -1.94. The van der Waals surface area contributed by atoms with Crippen molar-refractivity contribution in [2.45, 2.75) is 0 Å². The van der Waals surface area contributed by atoms with E-state index in [1.165, 1.54) is 24.3 Å². The molecule has 0 bridgehead atoms. The van der Waals surface area contributed by atoms with Gasteiger partial charge in [-0.2, -0.15) is 0 Å². The van der Waals surface area contributed by atoms with Gasteiger partial charge in [-0.3, -0.25) is 0 Å². The predicted molar refractivity (Wildman–Crippen MR) is 71.8 cm³/mol. The molecule has 0 fully saturated rings. The van der Waals surface area contributed by atoms with Crippen LogP contribution < -0.4 is 0 Å². The molecule has 0 saturated carbocycles. The van der Waals surface area contributed by atoms with Gasteiger partial charge in [-0.15, -0.1) is 0 Å². The molecule has 0 atom stereocenters. The average Bonchev–Trinajstić information content (AvgIpc) is 2.40. The molecular weight excluding hydrogens is 287 g/mol. The summed E-state index contributed by atoms with van der Waals surface area (Å²) < 4.78 is 12.5. The third kappa shape index (κ3) is 4.37. The first-order valence-electron chi connectivity index (χ1n) is 5.39. The van der Waals surface area contributed by atoms with E-state index >= 15 is 0 Å². The van der Waals surface area contributed by atoms with E-state index < -0.39 is 17.8 Å². The Morgan fingerprint density at radius 3 is 1.65 bits per heavy atom. The molecule has 0 aromatic heterocycles. The van der Waals surface area contributed by atoms with Crippen LogP contribution in [0, 0.1) is 5.82 Å². The van der Waals surface area contributed by atoms with Crippen LogP contribution in [0.3, 0.4) is 0 Å². The van der Waals surface area contributed by atoms with Crippen LogP contribution in [0.15, 0.2) is 48.5 Å². The highest BCUT2D eigenvalue weighted by atomic mass is 35.5. The van der Waals surface area contributed by atoms with E-state index in [2.05, 4.69) is 0 Å². The molecule has 2 N–H and O–H groups in total. The maximum Gasteiger partial charge on any atom is 0.338 e. The van der Waals surface area contributed by atoms with Gasteiger partial charge < -0.3 is 10.2 Å². The number of hydrogen-bond acceptors (Lipinski definition) is 2. The summed E-state index contributed by atoms with van der Waals surface area (Å²) in [6.45, 7) is 0. The minimum Gasteiger partial charge on any atom is -0.478 e. The maximum absolute atomic E-state index is 12.5. The van der Waals surface area contributed by atoms with E-state index in [-0.39, 0.29) is 16.1 Å². The van der Waals surface area contributed by atoms with Gasteiger partial charge in [0.1, 0.15) is 5.82 Å². The molecule has 0 saturated heterocycles. The lowest BCUT2D eigenvalue weighted by Crippen LogP contribution is -1.98. The topological polar surface area (TPSA) is 74.6 Å². The molecule has 4 nitrogen and oxygen atoms in total. The van der Waals surface area contributed by atoms with Gasteiger partial charge in [0, 0.05) is 0 Å². The highest BCUT2D eigenvalue weighted by Crippen LogP contribution is 2.13. The molecule has 104 valence electrons. The summed E-state index contributed by atoms with van der Waals surface area (Å²) in [5, 5.41) is 17.1. The van der Waals surface area contributed by atoms with Crippen LogP contribution in [0.2, 0.25) is 5.02 Å². The number of aromatic carboxylic acids is 2. The number of carboxylic acid groups (broad SMARTS) is 2. The predicted octanol–water partition coefficient (Wildman–Crippen LogP) is 3.56. The molecule has 20 heavy (non-hydrogen) atoms. The Labute approximate surface area is 119 Å². The first-order valence-corrected chi connectivity index (χ1v) is 5.77. The standard InChI is InChI=1S/C7H5ClO2.C7H5FO2/c2*8-6-4-2-1-3-5(6)7(9)10/h2*1-4H,(H,9,10). The molecule has 2 aromatic carbocycles. The summed E-state index contributed by atoms with van der Waals surface area (Å²) in [7, 11) is 0. The summed E-state index contributed by atoms with van der Waals surface area (Å²) in [5.74, 6) is -2.93. The smallest absolute Gasteiger partial charge is 0.338 e. The van der Waals surface area contributed by atoms with Crippen molar-refractivity contribution in [2.24, 2.45) is 0 Å². The van der Waals surface area contributed by atoms with Crippen LogP contribution in [-0.2, 0) is 0 Å². The fraction of sp³-hybridized carbons (Fsp3) is 0. The monoisotopic (exact) mass is 296 g/mol. The zero-order valence-electron chi connectivity index (χ0n) is 10.1. The fourth-order valence-corrected chi connectivity index (χ4v) is 1.49. The molecule has 0 aliphatic rings. The SMILES string of the molecule is O=C(O)c1ccccc1Cl.O=C(O)c1ccccc1F. The maximum atomic E-state index is 12.5. The Hall–Kier alpha value is -2.40. The number of halogens is 2. The van der Waals surface area contributed by atoms with Crippen molar-refractivity contribution >= 4 is 23.5 Å². The first kappa shape index (κ1) is 15.7. The molecule has 2 rings (SSSR count). The highest BCUT2D eigenvalue weighted by molar-refractivity contribution is 6.33. The number of benzene rings is 2. The quantitative estimate of drug-likeness (QED) is 0.888. The molecule has 0 heterocycles. The van der Waals surface area contributed by atoms with E-state index in [9.17, 15) is 14.0 Å². The van der Waals surface area contributed by atoms with Crippen molar-refractivity contribution in [1.82, 2.24) is 0 Å². The van der Waals surface area contributed by atoms with Gasteiger partial charge in [-0.25, -0.2) is 14.0 Å². The molecular formula is C14H10ClFO4. The van der Waals surface area contributed by atoms with Crippen molar-refractivity contribution < 1.29 is 24.2 Å². The van der Waals surface area contributed by atoms with Gasteiger partial charge >= 0.3 is 11.9 Å². The molecule has 2 aromatic rings. The number of carboxylic acids is 2. The molecule has 0 aliphatic carbocycles. The summed E-state index contributed by atoms with van der Waals surface area (Å²) in [6, 6.07) is 11.6. The van der Waals surface area contributed by atoms with E-state index in [4.69, 9.17) is 21.8 Å². The molecule has 0 aliphatic heterocycles. The summed E-state index contributed by atoms with van der Waals surface area (Å²) in [4.78, 5) is 20.5. The van der Waals surface area contributed by atoms with Crippen LogP contribution in [0.1, 0.15) is 20.7 Å². The zero-order valence-corrected chi connectivity index (χ0v) is 10.8. The van der Waals surface area contributed by atoms with Gasteiger partial charge in [-0.05, 0) is 24.3 Å². The molecule has 0 radical (unpaired) electrons. The number of hydrogen-bond donors (Lipinski definition) is 2. The van der Waals surface area contributed by atoms with Gasteiger partial charge in [-0.1, -0.05) is 35.9 Å². The third-order valence-corrected chi connectivity index (χ3v) is 2.54. The molecule has 0 amide bonds. The minimum absolute atomic E-state index is 0.143. The van der Waals surface area contributed by atoms with E-state index in [1.807, 2.05) is 0 Å². The van der Waals surface area contributed by atoms with Gasteiger partial charge in [0.25, 0.3) is 0 Å². The largest absolute Gasteiger partial charge is 0.478 e. The zero-order chi connectivity index (χ0) is 15.1. The molecule has 6 heteroatoms. The number of rotatable bonds is 2. The molecule has 0 spiro atoms. The van der Waals surface area contributed by atoms with E-state index in [1.54, 1.807) is 18.2 Å². The van der Waals surface area contributed by atoms with Crippen LogP contribution in [0.4, 0.5) is 4.39 Å². The van der Waals surface area contributed by atoms with Crippen LogP contribution >= 0.6 is 11.6 Å². The first-order chi connectivity index (χ1) is 9.43. The Kier molecular flexibility index (Phi) is 5.68. The normalized spacial score (nSPS) is 9.30. The van der Waals surface area contributed by atoms with Crippen molar-refractivity contribution in [2.75, 3.05) is 0 Å². The average molecular weight is 297 g/mol. The van der Waals surface area contributed by atoms with Crippen LogP contribution in [-0.4, -0.2) is 22.2 Å². The van der Waals surface area contributed by atoms with Crippen molar-refractivity contribution in [1.29, 1.82) is 0 Å². The van der Waals surface area contributed by atoms with E-state index in [0.29, 0.717) is 0 Å². The second-order valence-corrected chi connectivity index (χ2v) is 3.98. The van der Waals surface area contributed by atoms with Gasteiger partial charge in [0.05, 0.1) is 16.1 Å². The Balaban J connectivity index is 0.000000200. The second kappa shape index (κ2) is 7.25. The van der Waals surface area contributed by atoms with Crippen molar-refractivity contribution in [3.8, 4) is 0 Å². The van der Waals surface area contributed by atoms with Crippen LogP contribution in [0.25, 0.3) is 0 Å². The summed E-state index contributed by atoms with van der Waals surface area (Å²) >= 11 is 5.54. The lowest BCUT2D eigenvalue weighted by atomic mass is 10.2. The lowest BCUT2D eigenvalue weighted by molar-refractivity contribution is 0.0683. The number of carbonyl (C=O) groups is 2. The minimum atomic E-state index is -1.24. The Morgan fingerprint density at radius 1 is 0.850 bits per heavy atom.